The standard InChI is InChI=1S/C18H23N.C7H14.C6H13F.2C4H10/c1-8-16(15(7)19-13(4)5)17-10-9-14(6)11-18(17)12(2)3;1-7-5-3-2-4-6-7;1-4-6(3,7)5-2;2*1-3-4-2/h8-11H,1-2H2,3-7H3;7H,2-6H2,1H3;4-5H2,1-3H3;2*3-4H2,1-2H3/b16-15+;;;;. The molecule has 0 unspecified atom stereocenters. The first-order chi connectivity index (χ1) is 19.2. The van der Waals surface area contributed by atoms with Crippen LogP contribution < -0.4 is 0 Å². The first-order valence-corrected chi connectivity index (χ1v) is 16.5. The molecule has 0 amide bonds. The first kappa shape index (κ1) is 43.5. The smallest absolute Gasteiger partial charge is 0.107 e. The Labute approximate surface area is 257 Å². The van der Waals surface area contributed by atoms with Gasteiger partial charge < -0.3 is 0 Å². The highest BCUT2D eigenvalue weighted by Gasteiger charge is 2.15. The highest BCUT2D eigenvalue weighted by Crippen LogP contribution is 2.29. The van der Waals surface area contributed by atoms with Crippen molar-refractivity contribution in [1.29, 1.82) is 0 Å². The number of benzene rings is 1. The molecule has 0 aromatic heterocycles. The molecule has 0 bridgehead atoms. The summed E-state index contributed by atoms with van der Waals surface area (Å²) in [5.74, 6) is 1.04. The molecule has 1 aromatic rings. The molecule has 2 rings (SSSR count). The molecule has 0 spiro atoms. The maximum Gasteiger partial charge on any atom is 0.107 e. The van der Waals surface area contributed by atoms with E-state index in [1.807, 2.05) is 47.6 Å². The summed E-state index contributed by atoms with van der Waals surface area (Å²) in [4.78, 5) is 4.54. The monoisotopic (exact) mass is 572 g/mol. The van der Waals surface area contributed by atoms with Gasteiger partial charge in [0.15, 0.2) is 0 Å². The van der Waals surface area contributed by atoms with Crippen molar-refractivity contribution in [3.8, 4) is 0 Å². The van der Waals surface area contributed by atoms with E-state index in [4.69, 9.17) is 0 Å². The van der Waals surface area contributed by atoms with Crippen LogP contribution in [0.15, 0.2) is 48.1 Å². The van der Waals surface area contributed by atoms with Crippen LogP contribution in [0.2, 0.25) is 0 Å². The first-order valence-electron chi connectivity index (χ1n) is 16.5. The van der Waals surface area contributed by atoms with Crippen LogP contribution in [-0.2, 0) is 0 Å². The van der Waals surface area contributed by atoms with E-state index in [1.165, 1.54) is 68.9 Å². The fourth-order valence-electron chi connectivity index (χ4n) is 3.65. The van der Waals surface area contributed by atoms with E-state index in [0.29, 0.717) is 12.8 Å². The topological polar surface area (TPSA) is 12.4 Å². The van der Waals surface area contributed by atoms with Gasteiger partial charge in [0.05, 0.1) is 0 Å². The third kappa shape index (κ3) is 24.4. The minimum Gasteiger partial charge on any atom is -0.263 e. The molecule has 238 valence electrons. The number of allylic oxidation sites excluding steroid dienone is 4. The van der Waals surface area contributed by atoms with E-state index >= 15 is 0 Å². The van der Waals surface area contributed by atoms with Gasteiger partial charge in [-0.15, -0.1) is 0 Å². The summed E-state index contributed by atoms with van der Waals surface area (Å²) >= 11 is 0. The molecule has 0 aliphatic heterocycles. The third-order valence-electron chi connectivity index (χ3n) is 7.28. The summed E-state index contributed by atoms with van der Waals surface area (Å²) in [7, 11) is 0. The fourth-order valence-corrected chi connectivity index (χ4v) is 3.65. The van der Waals surface area contributed by atoms with E-state index in [-0.39, 0.29) is 0 Å². The molecule has 1 aliphatic rings. The van der Waals surface area contributed by atoms with Crippen LogP contribution in [0, 0.1) is 12.8 Å². The van der Waals surface area contributed by atoms with Gasteiger partial charge in [0.25, 0.3) is 0 Å². The molecule has 0 N–H and O–H groups in total. The molecular formula is C39H70FN. The maximum atomic E-state index is 12.5. The molecule has 1 aliphatic carbocycles. The van der Waals surface area contributed by atoms with Crippen LogP contribution in [0.5, 0.6) is 0 Å². The van der Waals surface area contributed by atoms with Gasteiger partial charge in [0.2, 0.25) is 0 Å². The molecule has 0 atom stereocenters. The number of nitrogens with zero attached hydrogens (tertiary/aromatic N) is 1. The Morgan fingerprint density at radius 3 is 1.61 bits per heavy atom. The van der Waals surface area contributed by atoms with E-state index in [2.05, 4.69) is 77.9 Å². The number of aryl methyl sites for hydroxylation is 1. The van der Waals surface area contributed by atoms with Crippen molar-refractivity contribution in [1.82, 2.24) is 0 Å². The third-order valence-corrected chi connectivity index (χ3v) is 7.28. The largest absolute Gasteiger partial charge is 0.263 e. The molecule has 1 saturated carbocycles. The molecule has 1 nitrogen and oxygen atoms in total. The Hall–Kier alpha value is -1.96. The van der Waals surface area contributed by atoms with Crippen LogP contribution in [0.25, 0.3) is 11.1 Å². The van der Waals surface area contributed by atoms with Crippen LogP contribution in [0.1, 0.15) is 170 Å². The second-order valence-electron chi connectivity index (χ2n) is 12.0. The second-order valence-corrected chi connectivity index (χ2v) is 12.0. The normalized spacial score (nSPS) is 13.2. The Morgan fingerprint density at radius 1 is 0.878 bits per heavy atom. The lowest BCUT2D eigenvalue weighted by atomic mass is 9.91. The van der Waals surface area contributed by atoms with E-state index in [9.17, 15) is 4.39 Å². The molecule has 41 heavy (non-hydrogen) atoms. The number of rotatable bonds is 8. The van der Waals surface area contributed by atoms with Crippen LogP contribution in [0.4, 0.5) is 4.39 Å². The predicted octanol–water partition coefficient (Wildman–Crippen LogP) is 14.2. The molecule has 0 heterocycles. The van der Waals surface area contributed by atoms with Crippen molar-refractivity contribution in [2.75, 3.05) is 0 Å². The van der Waals surface area contributed by atoms with Gasteiger partial charge in [-0.3, -0.25) is 4.99 Å². The summed E-state index contributed by atoms with van der Waals surface area (Å²) < 4.78 is 12.5. The molecule has 0 saturated heterocycles. The summed E-state index contributed by atoms with van der Waals surface area (Å²) in [6.07, 6.45) is 15.8. The second kappa shape index (κ2) is 26.9. The maximum absolute atomic E-state index is 12.5. The van der Waals surface area contributed by atoms with Crippen LogP contribution >= 0.6 is 0 Å². The molecule has 0 radical (unpaired) electrons. The Morgan fingerprint density at radius 2 is 1.34 bits per heavy atom. The number of hydrogen-bond donors (Lipinski definition) is 0. The van der Waals surface area contributed by atoms with Gasteiger partial charge in [-0.2, -0.15) is 0 Å². The number of unbranched alkanes of at least 4 members (excludes halogenated alkanes) is 2. The van der Waals surface area contributed by atoms with Crippen molar-refractivity contribution in [3.05, 3.63) is 59.8 Å². The zero-order chi connectivity index (χ0) is 32.4. The lowest BCUT2D eigenvalue weighted by Crippen LogP contribution is -2.13. The minimum absolute atomic E-state index is 0.628. The van der Waals surface area contributed by atoms with Crippen molar-refractivity contribution >= 4 is 16.9 Å². The van der Waals surface area contributed by atoms with Crippen LogP contribution in [0.3, 0.4) is 0 Å². The molecule has 2 heteroatoms. The molecule has 1 aromatic carbocycles. The van der Waals surface area contributed by atoms with Crippen LogP contribution in [-0.4, -0.2) is 11.4 Å². The number of halogens is 1. The molecular weight excluding hydrogens is 501 g/mol. The van der Waals surface area contributed by atoms with E-state index in [0.717, 1.165) is 34.0 Å². The van der Waals surface area contributed by atoms with Gasteiger partial charge in [0, 0.05) is 17.0 Å². The SMILES string of the molecule is C=C/C(=C(/C)N=C(C)C)c1ccc(C)cc1C(=C)C.CC1CCCCC1.CCC(C)(F)CC.CCCC.CCCC. The zero-order valence-corrected chi connectivity index (χ0v) is 29.9. The fraction of sp³-hybridized carbons (Fsp3) is 0.667. The van der Waals surface area contributed by atoms with Crippen molar-refractivity contribution in [2.24, 2.45) is 10.9 Å². The lowest BCUT2D eigenvalue weighted by molar-refractivity contribution is 0.177. The van der Waals surface area contributed by atoms with E-state index in [1.54, 1.807) is 6.92 Å². The average molecular weight is 572 g/mol. The highest BCUT2D eigenvalue weighted by atomic mass is 19.1. The Balaban J connectivity index is -0.000000535. The van der Waals surface area contributed by atoms with Crippen molar-refractivity contribution in [3.63, 3.8) is 0 Å². The van der Waals surface area contributed by atoms with Crippen molar-refractivity contribution < 1.29 is 4.39 Å². The number of alkyl halides is 1. The Bertz CT molecular complexity index is 848. The highest BCUT2D eigenvalue weighted by molar-refractivity contribution is 5.87. The quantitative estimate of drug-likeness (QED) is 0.217. The summed E-state index contributed by atoms with van der Waals surface area (Å²) in [6, 6.07) is 6.40. The number of hydrogen-bond acceptors (Lipinski definition) is 1. The number of aliphatic imine (C=N–C) groups is 1. The summed E-state index contributed by atoms with van der Waals surface area (Å²) in [5, 5.41) is 0. The van der Waals surface area contributed by atoms with Crippen molar-refractivity contribution in [2.45, 2.75) is 166 Å². The lowest BCUT2D eigenvalue weighted by Gasteiger charge is -2.15. The van der Waals surface area contributed by atoms with Gasteiger partial charge in [-0.1, -0.05) is 155 Å². The predicted molar refractivity (Wildman–Crippen MR) is 191 cm³/mol. The van der Waals surface area contributed by atoms with Gasteiger partial charge in [-0.05, 0) is 71.4 Å². The molecule has 1 fully saturated rings. The zero-order valence-electron chi connectivity index (χ0n) is 29.9. The van der Waals surface area contributed by atoms with Gasteiger partial charge in [0.1, 0.15) is 5.67 Å². The summed E-state index contributed by atoms with van der Waals surface area (Å²) in [6.45, 7) is 34.6. The van der Waals surface area contributed by atoms with Gasteiger partial charge in [-0.25, -0.2) is 4.39 Å². The average Bonchev–Trinajstić information content (AvgIpc) is 2.95. The Kier molecular flexibility index (Phi) is 28.5. The minimum atomic E-state index is -0.917. The van der Waals surface area contributed by atoms with E-state index < -0.39 is 5.67 Å². The summed E-state index contributed by atoms with van der Waals surface area (Å²) in [5.41, 5.74) is 6.79. The van der Waals surface area contributed by atoms with Gasteiger partial charge >= 0.3 is 0 Å².